The van der Waals surface area contributed by atoms with Gasteiger partial charge in [-0.05, 0) is 31.7 Å². The molecule has 12 heteroatoms. The quantitative estimate of drug-likeness (QED) is 0.678. The topological polar surface area (TPSA) is 117 Å². The smallest absolute Gasteiger partial charge is 0.269 e. The van der Waals surface area contributed by atoms with Crippen molar-refractivity contribution in [2.45, 2.75) is 57.2 Å². The summed E-state index contributed by atoms with van der Waals surface area (Å²) in [5.41, 5.74) is -1.98. The lowest BCUT2D eigenvalue weighted by molar-refractivity contribution is 0.127. The monoisotopic (exact) mass is 475 g/mol. The van der Waals surface area contributed by atoms with E-state index >= 15 is 0 Å². The number of pyridine rings is 1. The summed E-state index contributed by atoms with van der Waals surface area (Å²) in [6, 6.07) is 0.00206. The molecule has 0 bridgehead atoms. The van der Waals surface area contributed by atoms with Gasteiger partial charge in [-0.3, -0.25) is 9.36 Å². The average molecular weight is 476 g/mol. The molecule has 0 aromatic carbocycles. The lowest BCUT2D eigenvalue weighted by Gasteiger charge is -2.30. The van der Waals surface area contributed by atoms with Crippen molar-refractivity contribution in [2.24, 2.45) is 5.92 Å². The van der Waals surface area contributed by atoms with E-state index in [1.54, 1.807) is 6.92 Å². The number of piperidine rings is 1. The fourth-order valence-electron chi connectivity index (χ4n) is 4.54. The zero-order valence-corrected chi connectivity index (χ0v) is 18.1. The molecule has 2 aliphatic rings. The standard InChI is InChI=1S/C20H27F2N5O4S/c1-11-15(3-4-16(11)28)27-18-12(9-14(17(21)22)19(27)29)10-23-20(25-18)24-13-5-7-26(8-6-13)32(2,30)31/h9-11,13,15-17,28H,3-8H2,1-2H3,(H,23,24,25)/t11-,15+,16+/m0/s1/i2D3,17D. The number of sulfonamides is 1. The number of hydrogen-bond donors (Lipinski definition) is 2. The van der Waals surface area contributed by atoms with Gasteiger partial charge >= 0.3 is 0 Å². The van der Waals surface area contributed by atoms with Crippen molar-refractivity contribution in [3.63, 3.8) is 0 Å². The Morgan fingerprint density at radius 3 is 2.62 bits per heavy atom. The molecule has 3 atom stereocenters. The number of alkyl halides is 2. The minimum Gasteiger partial charge on any atom is -0.393 e. The minimum atomic E-state index is -4.43. The van der Waals surface area contributed by atoms with Crippen LogP contribution < -0.4 is 10.9 Å². The summed E-state index contributed by atoms with van der Waals surface area (Å²) in [4.78, 5) is 21.6. The van der Waals surface area contributed by atoms with Gasteiger partial charge in [-0.25, -0.2) is 26.5 Å². The molecule has 2 aromatic rings. The highest BCUT2D eigenvalue weighted by Gasteiger charge is 2.35. The molecule has 1 aliphatic heterocycles. The fourth-order valence-corrected chi connectivity index (χ4v) is 5.24. The van der Waals surface area contributed by atoms with Crippen LogP contribution in [0.15, 0.2) is 17.1 Å². The van der Waals surface area contributed by atoms with Crippen LogP contribution in [0.1, 0.15) is 56.1 Å². The van der Waals surface area contributed by atoms with Crippen molar-refractivity contribution in [2.75, 3.05) is 24.6 Å². The zero-order chi connectivity index (χ0) is 26.6. The minimum absolute atomic E-state index is 0.0178. The normalized spacial score (nSPS) is 28.2. The van der Waals surface area contributed by atoms with Crippen LogP contribution in [0.5, 0.6) is 0 Å². The van der Waals surface area contributed by atoms with Crippen LogP contribution in [-0.4, -0.2) is 63.8 Å². The predicted molar refractivity (Wildman–Crippen MR) is 115 cm³/mol. The number of nitrogens with zero attached hydrogens (tertiary/aromatic N) is 4. The third-order valence-corrected chi connectivity index (χ3v) is 7.45. The molecule has 32 heavy (non-hydrogen) atoms. The Labute approximate surface area is 190 Å². The van der Waals surface area contributed by atoms with Gasteiger partial charge in [0, 0.05) is 46.8 Å². The van der Waals surface area contributed by atoms with E-state index in [4.69, 9.17) is 5.48 Å². The van der Waals surface area contributed by atoms with Crippen molar-refractivity contribution in [1.82, 2.24) is 18.8 Å². The molecule has 1 saturated carbocycles. The first-order valence-electron chi connectivity index (χ1n) is 12.4. The highest BCUT2D eigenvalue weighted by molar-refractivity contribution is 7.88. The van der Waals surface area contributed by atoms with E-state index < -0.39 is 51.8 Å². The summed E-state index contributed by atoms with van der Waals surface area (Å²) >= 11 is 0. The summed E-state index contributed by atoms with van der Waals surface area (Å²) in [5, 5.41) is 13.4. The maximum Gasteiger partial charge on any atom is 0.269 e. The molecular formula is C20H27F2N5O4S. The van der Waals surface area contributed by atoms with Crippen LogP contribution in [0.25, 0.3) is 11.0 Å². The average Bonchev–Trinajstić information content (AvgIpc) is 3.10. The summed E-state index contributed by atoms with van der Waals surface area (Å²) in [5.74, 6) is -0.319. The molecule has 4 rings (SSSR count). The number of aliphatic hydroxyl groups is 1. The van der Waals surface area contributed by atoms with Crippen LogP contribution in [0.4, 0.5) is 14.7 Å². The van der Waals surface area contributed by atoms with Gasteiger partial charge in [0.2, 0.25) is 16.0 Å². The SMILES string of the molecule is [2H]C(F)(F)c1cc2cnc(NC3CCN(S(=O)(=O)C([2H])([2H])[2H])CC3)nc2n([C@@H]2CC[C@@H](O)[C@H]2C)c1=O. The van der Waals surface area contributed by atoms with Crippen LogP contribution in [-0.2, 0) is 10.0 Å². The van der Waals surface area contributed by atoms with Crippen molar-refractivity contribution in [3.05, 3.63) is 28.2 Å². The van der Waals surface area contributed by atoms with E-state index in [2.05, 4.69) is 15.3 Å². The number of fused-ring (bicyclic) bond motifs is 1. The van der Waals surface area contributed by atoms with Gasteiger partial charge < -0.3 is 10.4 Å². The van der Waals surface area contributed by atoms with E-state index in [0.717, 1.165) is 14.9 Å². The van der Waals surface area contributed by atoms with Crippen LogP contribution in [0.3, 0.4) is 0 Å². The lowest BCUT2D eigenvalue weighted by Crippen LogP contribution is -2.42. The maximum atomic E-state index is 13.9. The molecule has 0 spiro atoms. The van der Waals surface area contributed by atoms with Crippen molar-refractivity contribution < 1.29 is 27.8 Å². The van der Waals surface area contributed by atoms with E-state index in [-0.39, 0.29) is 49.0 Å². The van der Waals surface area contributed by atoms with E-state index in [1.165, 1.54) is 6.20 Å². The summed E-state index contributed by atoms with van der Waals surface area (Å²) in [6.07, 6.45) is -5.42. The third kappa shape index (κ3) is 4.35. The number of anilines is 1. The molecular weight excluding hydrogens is 444 g/mol. The molecule has 176 valence electrons. The zero-order valence-electron chi connectivity index (χ0n) is 21.3. The summed E-state index contributed by atoms with van der Waals surface area (Å²) in [7, 11) is -4.43. The molecule has 0 unspecified atom stereocenters. The fraction of sp³-hybridized carbons (Fsp3) is 0.650. The maximum absolute atomic E-state index is 13.9. The second-order valence-electron chi connectivity index (χ2n) is 8.36. The molecule has 2 fully saturated rings. The Morgan fingerprint density at radius 2 is 2.03 bits per heavy atom. The first kappa shape index (κ1) is 18.3. The van der Waals surface area contributed by atoms with Crippen LogP contribution in [0.2, 0.25) is 0 Å². The van der Waals surface area contributed by atoms with E-state index in [9.17, 15) is 27.1 Å². The van der Waals surface area contributed by atoms with Crippen molar-refractivity contribution in [1.29, 1.82) is 0 Å². The highest BCUT2D eigenvalue weighted by Crippen LogP contribution is 2.37. The van der Waals surface area contributed by atoms with E-state index in [0.29, 0.717) is 12.8 Å². The van der Waals surface area contributed by atoms with Gasteiger partial charge in [0.15, 0.2) is 0 Å². The first-order chi connectivity index (χ1) is 16.6. The molecule has 0 radical (unpaired) electrons. The lowest BCUT2D eigenvalue weighted by atomic mass is 10.0. The Bertz CT molecular complexity index is 1310. The number of halogens is 2. The number of aromatic nitrogens is 3. The molecule has 1 aliphatic carbocycles. The molecule has 1 saturated heterocycles. The molecule has 9 nitrogen and oxygen atoms in total. The highest BCUT2D eigenvalue weighted by atomic mass is 32.2. The first-order valence-corrected chi connectivity index (χ1v) is 11.8. The number of nitrogens with one attached hydrogen (secondary N) is 1. The molecule has 3 heterocycles. The van der Waals surface area contributed by atoms with Crippen molar-refractivity contribution in [3.8, 4) is 0 Å². The number of aliphatic hydroxyl groups excluding tert-OH is 1. The second-order valence-corrected chi connectivity index (χ2v) is 9.83. The van der Waals surface area contributed by atoms with Gasteiger partial charge in [0.1, 0.15) is 7.02 Å². The van der Waals surface area contributed by atoms with Crippen LogP contribution >= 0.6 is 0 Å². The summed E-state index contributed by atoms with van der Waals surface area (Å²) < 4.78 is 83.0. The van der Waals surface area contributed by atoms with Gasteiger partial charge in [0.05, 0.1) is 17.9 Å². The Balaban J connectivity index is 1.65. The van der Waals surface area contributed by atoms with Gasteiger partial charge in [-0.1, -0.05) is 6.92 Å². The molecule has 0 amide bonds. The Kier molecular flexibility index (Phi) is 4.93. The Morgan fingerprint density at radius 1 is 1.31 bits per heavy atom. The number of hydrogen-bond acceptors (Lipinski definition) is 7. The summed E-state index contributed by atoms with van der Waals surface area (Å²) in [6.45, 7) is 1.68. The second kappa shape index (κ2) is 8.64. The van der Waals surface area contributed by atoms with Gasteiger partial charge in [0.25, 0.3) is 12.0 Å². The Hall–Kier alpha value is -2.18. The molecule has 2 aromatic heterocycles. The van der Waals surface area contributed by atoms with Crippen molar-refractivity contribution >= 4 is 27.0 Å². The predicted octanol–water partition coefficient (Wildman–Crippen LogP) is 1.90. The largest absolute Gasteiger partial charge is 0.393 e. The van der Waals surface area contributed by atoms with E-state index in [1.807, 2.05) is 0 Å². The van der Waals surface area contributed by atoms with Gasteiger partial charge in [-0.2, -0.15) is 4.98 Å². The van der Waals surface area contributed by atoms with Gasteiger partial charge in [-0.15, -0.1) is 0 Å². The molecule has 2 N–H and O–H groups in total. The van der Waals surface area contributed by atoms with Crippen LogP contribution in [0, 0.1) is 5.92 Å². The third-order valence-electron chi connectivity index (χ3n) is 6.41. The number of rotatable bonds is 5.